The largest absolute Gasteiger partial charge is 0.396 e. The number of aliphatic hydroxyl groups excluding tert-OH is 1. The highest BCUT2D eigenvalue weighted by atomic mass is 16.2. The van der Waals surface area contributed by atoms with E-state index in [1.807, 2.05) is 6.21 Å². The van der Waals surface area contributed by atoms with Crippen molar-refractivity contribution in [2.24, 2.45) is 4.99 Å². The van der Waals surface area contributed by atoms with Crippen LogP contribution in [0.25, 0.3) is 0 Å². The molecule has 0 atom stereocenters. The summed E-state index contributed by atoms with van der Waals surface area (Å²) < 4.78 is 0. The van der Waals surface area contributed by atoms with E-state index in [0.717, 1.165) is 43.6 Å². The topological polar surface area (TPSA) is 44.6 Å². The summed E-state index contributed by atoms with van der Waals surface area (Å²) in [6, 6.07) is 8.27. The maximum atomic E-state index is 8.69. The normalized spacial score (nSPS) is 11.1. The molecule has 0 spiro atoms. The van der Waals surface area contributed by atoms with Gasteiger partial charge in [-0.15, -0.1) is 0 Å². The van der Waals surface area contributed by atoms with Gasteiger partial charge >= 0.3 is 0 Å². The van der Waals surface area contributed by atoms with Crippen LogP contribution in [0.4, 0.5) is 11.4 Å². The molecular weight excluding hydrogens is 248 g/mol. The van der Waals surface area contributed by atoms with Crippen LogP contribution >= 0.6 is 0 Å². The Labute approximate surface area is 123 Å². The molecule has 1 aromatic rings. The molecule has 0 unspecified atom stereocenters. The van der Waals surface area contributed by atoms with E-state index in [-0.39, 0.29) is 0 Å². The fraction of sp³-hybridized carbons (Fsp3) is 0.588. The number of aliphatic imine (C=N–C) groups is 1. The number of nitrogens with one attached hydrogen (secondary N) is 1. The Bertz CT molecular complexity index is 360. The van der Waals surface area contributed by atoms with Gasteiger partial charge in [0.2, 0.25) is 0 Å². The van der Waals surface area contributed by atoms with E-state index in [1.54, 1.807) is 0 Å². The van der Waals surface area contributed by atoms with Crippen molar-refractivity contribution in [3.05, 3.63) is 24.3 Å². The van der Waals surface area contributed by atoms with E-state index in [4.69, 9.17) is 5.11 Å². The van der Waals surface area contributed by atoms with Crippen molar-refractivity contribution in [2.75, 3.05) is 18.5 Å². The van der Waals surface area contributed by atoms with Crippen LogP contribution in [0, 0.1) is 0 Å². The van der Waals surface area contributed by atoms with Crippen LogP contribution in [-0.4, -0.2) is 24.5 Å². The molecule has 112 valence electrons. The van der Waals surface area contributed by atoms with Crippen molar-refractivity contribution < 1.29 is 5.11 Å². The van der Waals surface area contributed by atoms with Crippen LogP contribution in [0.3, 0.4) is 0 Å². The maximum Gasteiger partial charge on any atom is 0.0627 e. The number of benzene rings is 1. The number of nitrogens with zero attached hydrogens (tertiary/aromatic N) is 1. The Morgan fingerprint density at radius 2 is 1.80 bits per heavy atom. The summed E-state index contributed by atoms with van der Waals surface area (Å²) in [5.41, 5.74) is 2.18. The molecule has 1 rings (SSSR count). The van der Waals surface area contributed by atoms with E-state index >= 15 is 0 Å². The van der Waals surface area contributed by atoms with Gasteiger partial charge in [0.1, 0.15) is 0 Å². The number of anilines is 1. The van der Waals surface area contributed by atoms with Gasteiger partial charge < -0.3 is 10.4 Å². The van der Waals surface area contributed by atoms with Crippen LogP contribution in [-0.2, 0) is 0 Å². The predicted octanol–water partition coefficient (Wildman–Crippen LogP) is 4.54. The van der Waals surface area contributed by atoms with Crippen LogP contribution in [0.15, 0.2) is 29.3 Å². The average Bonchev–Trinajstić information content (AvgIpc) is 2.49. The first-order valence-electron chi connectivity index (χ1n) is 7.84. The smallest absolute Gasteiger partial charge is 0.0627 e. The van der Waals surface area contributed by atoms with Crippen LogP contribution in [0.2, 0.25) is 0 Å². The van der Waals surface area contributed by atoms with Crippen molar-refractivity contribution in [2.45, 2.75) is 51.9 Å². The van der Waals surface area contributed by atoms with Gasteiger partial charge in [-0.05, 0) is 49.9 Å². The predicted molar refractivity (Wildman–Crippen MR) is 88.2 cm³/mol. The average molecular weight is 276 g/mol. The Hall–Kier alpha value is -1.35. The molecule has 0 saturated carbocycles. The molecule has 20 heavy (non-hydrogen) atoms. The Balaban J connectivity index is 2.19. The summed E-state index contributed by atoms with van der Waals surface area (Å²) in [4.78, 5) is 4.44. The summed E-state index contributed by atoms with van der Waals surface area (Å²) in [5.74, 6) is 0. The van der Waals surface area contributed by atoms with Gasteiger partial charge in [0.25, 0.3) is 0 Å². The van der Waals surface area contributed by atoms with Gasteiger partial charge in [0.15, 0.2) is 0 Å². The van der Waals surface area contributed by atoms with Gasteiger partial charge in [-0.25, -0.2) is 0 Å². The monoisotopic (exact) mass is 276 g/mol. The third-order valence-corrected chi connectivity index (χ3v) is 3.21. The molecule has 0 aliphatic carbocycles. The number of aliphatic hydroxyl groups is 1. The number of hydrogen-bond acceptors (Lipinski definition) is 3. The van der Waals surface area contributed by atoms with Crippen molar-refractivity contribution in [3.63, 3.8) is 0 Å². The fourth-order valence-corrected chi connectivity index (χ4v) is 1.95. The second kappa shape index (κ2) is 11.5. The van der Waals surface area contributed by atoms with E-state index in [0.29, 0.717) is 6.61 Å². The minimum absolute atomic E-state index is 0.313. The highest BCUT2D eigenvalue weighted by molar-refractivity contribution is 5.64. The summed E-state index contributed by atoms with van der Waals surface area (Å²) in [7, 11) is 0. The first kappa shape index (κ1) is 16.7. The number of hydrogen-bond donors (Lipinski definition) is 2. The fourth-order valence-electron chi connectivity index (χ4n) is 1.95. The molecule has 0 bridgehead atoms. The molecule has 1 aromatic carbocycles. The molecule has 0 aliphatic rings. The van der Waals surface area contributed by atoms with E-state index < -0.39 is 0 Å². The lowest BCUT2D eigenvalue weighted by atomic mass is 10.2. The van der Waals surface area contributed by atoms with E-state index in [1.165, 1.54) is 19.3 Å². The van der Waals surface area contributed by atoms with Gasteiger partial charge in [-0.2, -0.15) is 0 Å². The lowest BCUT2D eigenvalue weighted by Gasteiger charge is -2.06. The molecule has 0 saturated heterocycles. The molecule has 2 N–H and O–H groups in total. The third-order valence-electron chi connectivity index (χ3n) is 3.21. The zero-order valence-corrected chi connectivity index (χ0v) is 12.6. The quantitative estimate of drug-likeness (QED) is 0.460. The molecule has 0 aromatic heterocycles. The molecule has 0 radical (unpaired) electrons. The Kier molecular flexibility index (Phi) is 9.58. The lowest BCUT2D eigenvalue weighted by molar-refractivity contribution is 0.283. The van der Waals surface area contributed by atoms with E-state index in [2.05, 4.69) is 41.5 Å². The third kappa shape index (κ3) is 7.95. The van der Waals surface area contributed by atoms with Crippen molar-refractivity contribution >= 4 is 17.6 Å². The van der Waals surface area contributed by atoms with Gasteiger partial charge in [0, 0.05) is 25.1 Å². The molecule has 0 amide bonds. The van der Waals surface area contributed by atoms with Crippen LogP contribution in [0.5, 0.6) is 0 Å². The second-order valence-electron chi connectivity index (χ2n) is 5.07. The molecule has 0 fully saturated rings. The number of unbranched alkanes of at least 4 members (excludes halogenated alkanes) is 5. The maximum absolute atomic E-state index is 8.69. The molecule has 0 aliphatic heterocycles. The second-order valence-corrected chi connectivity index (χ2v) is 5.07. The number of rotatable bonds is 11. The standard InChI is InChI=1S/C17H28N2O/c1-2-3-6-13-18-16-9-11-17(12-10-16)19-14-7-4-5-8-15-20/h9-13,19-20H,2-8,14-15H2,1H3. The summed E-state index contributed by atoms with van der Waals surface area (Å²) in [6.07, 6.45) is 9.85. The lowest BCUT2D eigenvalue weighted by Crippen LogP contribution is -2.01. The molecule has 0 heterocycles. The Morgan fingerprint density at radius 3 is 2.50 bits per heavy atom. The highest BCUT2D eigenvalue weighted by Crippen LogP contribution is 2.16. The zero-order valence-electron chi connectivity index (χ0n) is 12.6. The zero-order chi connectivity index (χ0) is 14.5. The van der Waals surface area contributed by atoms with Crippen molar-refractivity contribution in [1.29, 1.82) is 0 Å². The molecule has 3 nitrogen and oxygen atoms in total. The van der Waals surface area contributed by atoms with Crippen molar-refractivity contribution in [3.8, 4) is 0 Å². The first-order valence-corrected chi connectivity index (χ1v) is 7.84. The SMILES string of the molecule is CCCCC=Nc1ccc(NCCCCCCO)cc1. The molecule has 3 heteroatoms. The molecular formula is C17H28N2O. The highest BCUT2D eigenvalue weighted by Gasteiger charge is 1.93. The van der Waals surface area contributed by atoms with Crippen molar-refractivity contribution in [1.82, 2.24) is 0 Å². The van der Waals surface area contributed by atoms with Gasteiger partial charge in [0.05, 0.1) is 5.69 Å². The first-order chi connectivity index (χ1) is 9.86. The van der Waals surface area contributed by atoms with Gasteiger partial charge in [-0.1, -0.05) is 26.2 Å². The van der Waals surface area contributed by atoms with Gasteiger partial charge in [-0.3, -0.25) is 4.99 Å². The minimum Gasteiger partial charge on any atom is -0.396 e. The summed E-state index contributed by atoms with van der Waals surface area (Å²) in [6.45, 7) is 3.50. The summed E-state index contributed by atoms with van der Waals surface area (Å²) in [5, 5.41) is 12.1. The summed E-state index contributed by atoms with van der Waals surface area (Å²) >= 11 is 0. The minimum atomic E-state index is 0.313. The Morgan fingerprint density at radius 1 is 1.05 bits per heavy atom. The van der Waals surface area contributed by atoms with Crippen LogP contribution in [0.1, 0.15) is 51.9 Å². The van der Waals surface area contributed by atoms with E-state index in [9.17, 15) is 0 Å². The van der Waals surface area contributed by atoms with Crippen LogP contribution < -0.4 is 5.32 Å².